The number of rotatable bonds is 11. The van der Waals surface area contributed by atoms with Crippen LogP contribution < -0.4 is 0 Å². The average Bonchev–Trinajstić information content (AvgIpc) is 2.84. The third kappa shape index (κ3) is 7.75. The number of carbonyl (C=O) groups excluding carboxylic acids is 2. The molecular weight excluding hydrogens is 392 g/mol. The molecule has 0 N–H and O–H groups in total. The van der Waals surface area contributed by atoms with Gasteiger partial charge in [-0.25, -0.2) is 0 Å². The van der Waals surface area contributed by atoms with Gasteiger partial charge in [-0.3, -0.25) is 9.59 Å². The molecule has 32 heavy (non-hydrogen) atoms. The quantitative estimate of drug-likeness (QED) is 0.257. The highest BCUT2D eigenvalue weighted by Gasteiger charge is 2.28. The van der Waals surface area contributed by atoms with Crippen molar-refractivity contribution in [2.45, 2.75) is 79.5 Å². The van der Waals surface area contributed by atoms with E-state index in [-0.39, 0.29) is 12.0 Å². The minimum Gasteiger partial charge on any atom is -0.289 e. The first-order valence-electron chi connectivity index (χ1n) is 14.7. The van der Waals surface area contributed by atoms with Crippen molar-refractivity contribution >= 4 is 11.6 Å². The lowest BCUT2D eigenvalue weighted by atomic mass is 9.83. The summed E-state index contributed by atoms with van der Waals surface area (Å²) >= 11 is 0. The Kier molecular flexibility index (Phi) is 6.81. The minimum absolute atomic E-state index is 0.105. The van der Waals surface area contributed by atoms with Crippen LogP contribution in [0.1, 0.15) is 110 Å². The van der Waals surface area contributed by atoms with Gasteiger partial charge in [-0.2, -0.15) is 0 Å². The molecule has 0 fully saturated rings. The van der Waals surface area contributed by atoms with Gasteiger partial charge in [0.15, 0.2) is 11.6 Å². The van der Waals surface area contributed by atoms with Gasteiger partial charge in [0, 0.05) is 26.4 Å². The summed E-state index contributed by atoms with van der Waals surface area (Å²) in [6, 6.07) is -2.64. The third-order valence-electron chi connectivity index (χ3n) is 5.39. The summed E-state index contributed by atoms with van der Waals surface area (Å²) in [5, 5.41) is 0. The van der Waals surface area contributed by atoms with Gasteiger partial charge >= 0.3 is 0 Å². The van der Waals surface area contributed by atoms with Crippen molar-refractivity contribution in [2.75, 3.05) is 0 Å². The number of carbonyl (C=O) groups is 2. The second-order valence-corrected chi connectivity index (χ2v) is 8.47. The highest BCUT2D eigenvalue weighted by atomic mass is 16.1. The Morgan fingerprint density at radius 1 is 0.812 bits per heavy atom. The van der Waals surface area contributed by atoms with Crippen LogP contribution in [0, 0.1) is 0 Å². The average molecular weight is 438 g/mol. The highest BCUT2D eigenvalue weighted by molar-refractivity contribution is 6.26. The molecule has 1 aliphatic rings. The van der Waals surface area contributed by atoms with E-state index in [1.807, 2.05) is 6.92 Å². The Bertz CT molecular complexity index is 1270. The lowest BCUT2D eigenvalue weighted by Crippen LogP contribution is -2.20. The molecule has 0 spiro atoms. The number of allylic oxidation sites excluding steroid dienone is 10. The second-order valence-electron chi connectivity index (χ2n) is 8.47. The standard InChI is InChI=1S/C30H38O2/c1-22(2)14-9-7-6-8-10-15-23(3)16-13-17-24(4)20-21-26-25(5)29(31)27-18-11-12-19-28(27)30(26)32/h6,8,11-12,14,16,18-20H,7,9-10,13,15,17,21H2,1-5H3/b8-6+,23-16+,24-20+/i5D3,11D,12D,18D,19D. The minimum atomic E-state index is -2.90. The smallest absolute Gasteiger partial charge is 0.190 e. The number of Topliss-reactive ketones (excluding diaryl/α,β-unsaturated/α-hetero) is 2. The fraction of sp³-hybridized carbons (Fsp3) is 0.400. The van der Waals surface area contributed by atoms with E-state index in [1.54, 1.807) is 6.08 Å². The topological polar surface area (TPSA) is 34.1 Å². The molecule has 0 aliphatic heterocycles. The SMILES string of the molecule is [2H]c1c([2H])c([2H])c2c(c1[2H])C(=O)C(C/C=C(\C)CC/C=C(\C)CC/C=C/CCC=C(C)C)=C(C([2H])([2H])[2H])C2=O. The summed E-state index contributed by atoms with van der Waals surface area (Å²) in [4.78, 5) is 26.5. The van der Waals surface area contributed by atoms with Gasteiger partial charge in [0.25, 0.3) is 0 Å². The van der Waals surface area contributed by atoms with Crippen LogP contribution >= 0.6 is 0 Å². The van der Waals surface area contributed by atoms with Gasteiger partial charge in [-0.15, -0.1) is 0 Å². The highest BCUT2D eigenvalue weighted by Crippen LogP contribution is 2.28. The van der Waals surface area contributed by atoms with E-state index in [4.69, 9.17) is 9.60 Å². The molecule has 1 aromatic carbocycles. The fourth-order valence-corrected chi connectivity index (χ4v) is 3.42. The van der Waals surface area contributed by atoms with Gasteiger partial charge < -0.3 is 0 Å². The van der Waals surface area contributed by atoms with E-state index < -0.39 is 59.3 Å². The van der Waals surface area contributed by atoms with Crippen molar-refractivity contribution in [3.05, 3.63) is 93.5 Å². The van der Waals surface area contributed by atoms with E-state index in [0.717, 1.165) is 37.7 Å². The Hall–Kier alpha value is -2.74. The summed E-state index contributed by atoms with van der Waals surface area (Å²) in [5.74, 6) is -1.88. The first-order valence-corrected chi connectivity index (χ1v) is 11.2. The molecule has 0 bridgehead atoms. The number of benzene rings is 1. The van der Waals surface area contributed by atoms with Crippen LogP contribution in [0.15, 0.2) is 82.4 Å². The summed E-state index contributed by atoms with van der Waals surface area (Å²) in [5.41, 5.74) is 1.62. The van der Waals surface area contributed by atoms with E-state index >= 15 is 0 Å². The molecule has 170 valence electrons. The predicted octanol–water partition coefficient (Wildman–Crippen LogP) is 8.53. The first-order chi connectivity index (χ1) is 18.2. The molecule has 1 aromatic rings. The number of ketones is 2. The summed E-state index contributed by atoms with van der Waals surface area (Å²) in [7, 11) is 0. The van der Waals surface area contributed by atoms with Crippen molar-refractivity contribution in [2.24, 2.45) is 0 Å². The van der Waals surface area contributed by atoms with Crippen molar-refractivity contribution in [3.63, 3.8) is 0 Å². The van der Waals surface area contributed by atoms with Crippen LogP contribution in [-0.2, 0) is 0 Å². The maximum atomic E-state index is 13.3. The van der Waals surface area contributed by atoms with Gasteiger partial charge in [-0.1, -0.05) is 71.3 Å². The zero-order chi connectivity index (χ0) is 29.5. The second kappa shape index (κ2) is 13.0. The summed E-state index contributed by atoms with van der Waals surface area (Å²) < 4.78 is 55.6. The predicted molar refractivity (Wildman–Crippen MR) is 136 cm³/mol. The van der Waals surface area contributed by atoms with Crippen LogP contribution in [0.4, 0.5) is 0 Å². The third-order valence-corrected chi connectivity index (χ3v) is 5.39. The van der Waals surface area contributed by atoms with Crippen LogP contribution in [-0.4, -0.2) is 11.6 Å². The molecule has 0 heterocycles. The molecule has 2 heteroatoms. The monoisotopic (exact) mass is 437 g/mol. The van der Waals surface area contributed by atoms with E-state index in [9.17, 15) is 9.59 Å². The summed E-state index contributed by atoms with van der Waals surface area (Å²) in [6.07, 6.45) is 16.0. The zero-order valence-corrected chi connectivity index (χ0v) is 19.7. The van der Waals surface area contributed by atoms with Gasteiger partial charge in [0.2, 0.25) is 0 Å². The molecule has 0 atom stereocenters. The van der Waals surface area contributed by atoms with Crippen LogP contribution in [0.5, 0.6) is 0 Å². The number of fused-ring (bicyclic) bond motifs is 1. The molecule has 0 radical (unpaired) electrons. The normalized spacial score (nSPS) is 18.4. The molecule has 1 aliphatic carbocycles. The number of hydrogen-bond donors (Lipinski definition) is 0. The molecule has 2 rings (SSSR count). The molecule has 0 unspecified atom stereocenters. The molecule has 0 amide bonds. The molecule has 0 aromatic heterocycles. The van der Waals surface area contributed by atoms with Crippen molar-refractivity contribution < 1.29 is 19.2 Å². The van der Waals surface area contributed by atoms with E-state index in [1.165, 1.54) is 11.1 Å². The lowest BCUT2D eigenvalue weighted by Gasteiger charge is -2.18. The van der Waals surface area contributed by atoms with Crippen molar-refractivity contribution in [1.29, 1.82) is 0 Å². The maximum Gasteiger partial charge on any atom is 0.190 e. The van der Waals surface area contributed by atoms with E-state index in [0.29, 0.717) is 6.42 Å². The van der Waals surface area contributed by atoms with Gasteiger partial charge in [0.05, 0.1) is 5.48 Å². The zero-order valence-electron chi connectivity index (χ0n) is 26.7. The lowest BCUT2D eigenvalue weighted by molar-refractivity contribution is 0.0973. The van der Waals surface area contributed by atoms with Crippen molar-refractivity contribution in [3.8, 4) is 0 Å². The Morgan fingerprint density at radius 3 is 2.12 bits per heavy atom. The molecular formula is C30H38O2. The van der Waals surface area contributed by atoms with E-state index in [2.05, 4.69) is 45.1 Å². The molecule has 0 saturated heterocycles. The van der Waals surface area contributed by atoms with Crippen LogP contribution in [0.3, 0.4) is 0 Å². The van der Waals surface area contributed by atoms with Gasteiger partial charge in [0.1, 0.15) is 0 Å². The van der Waals surface area contributed by atoms with Crippen LogP contribution in [0.25, 0.3) is 0 Å². The Labute approximate surface area is 204 Å². The first kappa shape index (κ1) is 16.8. The summed E-state index contributed by atoms with van der Waals surface area (Å²) in [6.45, 7) is 5.26. The Balaban J connectivity index is 2.13. The maximum absolute atomic E-state index is 13.3. The molecule has 0 saturated carbocycles. The molecule has 2 nitrogen and oxygen atoms in total. The van der Waals surface area contributed by atoms with Crippen molar-refractivity contribution in [1.82, 2.24) is 0 Å². The fourth-order valence-electron chi connectivity index (χ4n) is 3.42. The van der Waals surface area contributed by atoms with Crippen LogP contribution in [0.2, 0.25) is 0 Å². The van der Waals surface area contributed by atoms with Gasteiger partial charge in [-0.05, 0) is 79.5 Å². The largest absolute Gasteiger partial charge is 0.289 e. The number of unbranched alkanes of at least 4 members (excludes halogenated alkanes) is 1. The number of hydrogen-bond acceptors (Lipinski definition) is 2. The Morgan fingerprint density at radius 2 is 1.44 bits per heavy atom.